The van der Waals surface area contributed by atoms with E-state index >= 15 is 0 Å². The molecule has 0 saturated carbocycles. The molecular formula is C10H19N. The van der Waals surface area contributed by atoms with Crippen LogP contribution in [0.15, 0.2) is 36.1 Å². The summed E-state index contributed by atoms with van der Waals surface area (Å²) in [5.74, 6) is 0. The van der Waals surface area contributed by atoms with Crippen LogP contribution in [0.25, 0.3) is 0 Å². The lowest BCUT2D eigenvalue weighted by Crippen LogP contribution is -1.89. The first kappa shape index (κ1) is 12.7. The van der Waals surface area contributed by atoms with E-state index in [1.807, 2.05) is 58.1 Å². The molecule has 0 fully saturated rings. The van der Waals surface area contributed by atoms with Crippen LogP contribution in [0.2, 0.25) is 0 Å². The van der Waals surface area contributed by atoms with Crippen molar-refractivity contribution in [1.82, 2.24) is 0 Å². The maximum atomic E-state index is 5.45. The van der Waals surface area contributed by atoms with Gasteiger partial charge < -0.3 is 5.73 Å². The highest BCUT2D eigenvalue weighted by Crippen LogP contribution is 1.85. The molecule has 0 aliphatic carbocycles. The second-order valence-electron chi connectivity index (χ2n) is 1.67. The van der Waals surface area contributed by atoms with Crippen molar-refractivity contribution in [1.29, 1.82) is 0 Å². The molecule has 64 valence electrons. The van der Waals surface area contributed by atoms with E-state index in [4.69, 9.17) is 5.73 Å². The van der Waals surface area contributed by atoms with Gasteiger partial charge >= 0.3 is 0 Å². The van der Waals surface area contributed by atoms with Gasteiger partial charge in [-0.2, -0.15) is 0 Å². The van der Waals surface area contributed by atoms with Gasteiger partial charge in [0.1, 0.15) is 0 Å². The van der Waals surface area contributed by atoms with E-state index in [1.54, 1.807) is 0 Å². The van der Waals surface area contributed by atoms with Gasteiger partial charge in [-0.1, -0.05) is 38.2 Å². The highest BCUT2D eigenvalue weighted by atomic mass is 14.5. The molecule has 0 aromatic carbocycles. The summed E-state index contributed by atoms with van der Waals surface area (Å²) in [4.78, 5) is 0. The van der Waals surface area contributed by atoms with Gasteiger partial charge in [0.15, 0.2) is 0 Å². The van der Waals surface area contributed by atoms with Crippen LogP contribution in [0, 0.1) is 0 Å². The number of hydrogen-bond acceptors (Lipinski definition) is 1. The first-order valence-electron chi connectivity index (χ1n) is 4.02. The fraction of sp³-hybridized carbons (Fsp3) is 0.400. The molecule has 0 amide bonds. The highest BCUT2D eigenvalue weighted by molar-refractivity contribution is 5.17. The Bertz CT molecular complexity index is 141. The summed E-state index contributed by atoms with van der Waals surface area (Å²) >= 11 is 0. The van der Waals surface area contributed by atoms with Crippen LogP contribution in [0.3, 0.4) is 0 Å². The van der Waals surface area contributed by atoms with Crippen LogP contribution in [0.5, 0.6) is 0 Å². The van der Waals surface area contributed by atoms with Crippen LogP contribution >= 0.6 is 0 Å². The molecular weight excluding hydrogens is 134 g/mol. The van der Waals surface area contributed by atoms with Crippen LogP contribution in [0.4, 0.5) is 0 Å². The van der Waals surface area contributed by atoms with Crippen molar-refractivity contribution in [2.45, 2.75) is 27.7 Å². The molecule has 0 bridgehead atoms. The lowest BCUT2D eigenvalue weighted by Gasteiger charge is -1.84. The van der Waals surface area contributed by atoms with E-state index < -0.39 is 0 Å². The van der Waals surface area contributed by atoms with E-state index in [1.165, 1.54) is 0 Å². The Hall–Kier alpha value is -0.980. The summed E-state index contributed by atoms with van der Waals surface area (Å²) in [5.41, 5.74) is 6.25. The van der Waals surface area contributed by atoms with Gasteiger partial charge in [-0.25, -0.2) is 0 Å². The predicted octanol–water partition coefficient (Wildman–Crippen LogP) is 3.01. The topological polar surface area (TPSA) is 26.0 Å². The quantitative estimate of drug-likeness (QED) is 0.606. The van der Waals surface area contributed by atoms with Gasteiger partial charge in [0, 0.05) is 5.70 Å². The van der Waals surface area contributed by atoms with Gasteiger partial charge in [-0.05, 0) is 19.9 Å². The van der Waals surface area contributed by atoms with E-state index in [2.05, 4.69) is 0 Å². The number of allylic oxidation sites excluding steroid dienone is 5. The zero-order valence-electron chi connectivity index (χ0n) is 7.96. The molecule has 0 heterocycles. The third kappa shape index (κ3) is 12.3. The van der Waals surface area contributed by atoms with Crippen molar-refractivity contribution in [3.63, 3.8) is 0 Å². The second kappa shape index (κ2) is 11.8. The summed E-state index contributed by atoms with van der Waals surface area (Å²) in [6.07, 6.45) is 9.53. The van der Waals surface area contributed by atoms with Crippen LogP contribution in [0.1, 0.15) is 27.7 Å². The third-order valence-corrected chi connectivity index (χ3v) is 0.926. The van der Waals surface area contributed by atoms with Crippen molar-refractivity contribution < 1.29 is 0 Å². The van der Waals surface area contributed by atoms with Crippen molar-refractivity contribution in [2.24, 2.45) is 5.73 Å². The summed E-state index contributed by atoms with van der Waals surface area (Å²) in [7, 11) is 0. The molecule has 0 aromatic rings. The van der Waals surface area contributed by atoms with Crippen molar-refractivity contribution in [3.8, 4) is 0 Å². The fourth-order valence-electron chi connectivity index (χ4n) is 0.374. The molecule has 0 aliphatic heterocycles. The Morgan fingerprint density at radius 2 is 1.64 bits per heavy atom. The van der Waals surface area contributed by atoms with Crippen molar-refractivity contribution >= 4 is 0 Å². The Morgan fingerprint density at radius 1 is 1.09 bits per heavy atom. The van der Waals surface area contributed by atoms with E-state index in [9.17, 15) is 0 Å². The first-order valence-corrected chi connectivity index (χ1v) is 4.02. The minimum atomic E-state index is 0.799. The lowest BCUT2D eigenvalue weighted by atomic mass is 10.3. The van der Waals surface area contributed by atoms with Gasteiger partial charge in [0.05, 0.1) is 0 Å². The smallest absolute Gasteiger partial charge is 0.0270 e. The molecule has 0 atom stereocenters. The molecule has 0 aromatic heterocycles. The maximum Gasteiger partial charge on any atom is 0.0270 e. The lowest BCUT2D eigenvalue weighted by molar-refractivity contribution is 1.39. The van der Waals surface area contributed by atoms with Gasteiger partial charge in [-0.15, -0.1) is 0 Å². The molecule has 2 N–H and O–H groups in total. The normalized spacial score (nSPS) is 11.8. The summed E-state index contributed by atoms with van der Waals surface area (Å²) < 4.78 is 0. The van der Waals surface area contributed by atoms with Crippen LogP contribution in [-0.2, 0) is 0 Å². The van der Waals surface area contributed by atoms with Gasteiger partial charge in [0.25, 0.3) is 0 Å². The molecule has 0 rings (SSSR count). The summed E-state index contributed by atoms with van der Waals surface area (Å²) in [6.45, 7) is 7.88. The van der Waals surface area contributed by atoms with Crippen molar-refractivity contribution in [3.05, 3.63) is 36.1 Å². The predicted molar refractivity (Wildman–Crippen MR) is 53.2 cm³/mol. The Kier molecular flexibility index (Phi) is 13.6. The van der Waals surface area contributed by atoms with Gasteiger partial charge in [0.2, 0.25) is 0 Å². The Balaban J connectivity index is 0. The molecule has 0 unspecified atom stereocenters. The zero-order valence-corrected chi connectivity index (χ0v) is 7.96. The highest BCUT2D eigenvalue weighted by Gasteiger charge is 1.71. The number of rotatable bonds is 2. The molecule has 11 heavy (non-hydrogen) atoms. The monoisotopic (exact) mass is 153 g/mol. The minimum absolute atomic E-state index is 0.799. The molecule has 0 radical (unpaired) electrons. The SMILES string of the molecule is CC.C\C=C/C=C\C(N)=C/C. The Morgan fingerprint density at radius 3 is 2.00 bits per heavy atom. The molecule has 0 spiro atoms. The number of nitrogens with two attached hydrogens (primary N) is 1. The molecule has 0 saturated heterocycles. The van der Waals surface area contributed by atoms with Gasteiger partial charge in [-0.3, -0.25) is 0 Å². The fourth-order valence-corrected chi connectivity index (χ4v) is 0.374. The first-order chi connectivity index (χ1) is 5.31. The largest absolute Gasteiger partial charge is 0.399 e. The minimum Gasteiger partial charge on any atom is -0.399 e. The number of hydrogen-bond donors (Lipinski definition) is 1. The standard InChI is InChI=1S/C8H13N.C2H6/c1-3-5-6-7-8(9)4-2;1-2/h3-7H,9H2,1-2H3;1-2H3/b5-3-,7-6-,8-4+;. The molecule has 1 heteroatoms. The van der Waals surface area contributed by atoms with Crippen LogP contribution < -0.4 is 5.73 Å². The molecule has 0 aliphatic rings. The zero-order chi connectivity index (χ0) is 9.11. The van der Waals surface area contributed by atoms with E-state index in [-0.39, 0.29) is 0 Å². The average molecular weight is 153 g/mol. The van der Waals surface area contributed by atoms with Crippen LogP contribution in [-0.4, -0.2) is 0 Å². The average Bonchev–Trinajstić information content (AvgIpc) is 2.08. The molecule has 1 nitrogen and oxygen atoms in total. The third-order valence-electron chi connectivity index (χ3n) is 0.926. The summed E-state index contributed by atoms with van der Waals surface area (Å²) in [5, 5.41) is 0. The maximum absolute atomic E-state index is 5.45. The second-order valence-corrected chi connectivity index (χ2v) is 1.67. The van der Waals surface area contributed by atoms with E-state index in [0.717, 1.165) is 5.70 Å². The van der Waals surface area contributed by atoms with E-state index in [0.29, 0.717) is 0 Å². The Labute approximate surface area is 70.3 Å². The van der Waals surface area contributed by atoms with Crippen molar-refractivity contribution in [2.75, 3.05) is 0 Å². The summed E-state index contributed by atoms with van der Waals surface area (Å²) in [6, 6.07) is 0.